The van der Waals surface area contributed by atoms with Crippen LogP contribution in [0.4, 0.5) is 0 Å². The molecule has 0 saturated heterocycles. The summed E-state index contributed by atoms with van der Waals surface area (Å²) in [4.78, 5) is 0.992. The van der Waals surface area contributed by atoms with Gasteiger partial charge in [-0.05, 0) is 37.8 Å². The molecule has 0 bridgehead atoms. The fourth-order valence-corrected chi connectivity index (χ4v) is 2.18. The largest absolute Gasteiger partial charge is 0.385 e. The number of hydrogen-bond acceptors (Lipinski definition) is 3. The van der Waals surface area contributed by atoms with Gasteiger partial charge in [-0.2, -0.15) is 0 Å². The van der Waals surface area contributed by atoms with Crippen LogP contribution in [0.5, 0.6) is 0 Å². The lowest BCUT2D eigenvalue weighted by Crippen LogP contribution is -2.31. The number of ether oxygens (including phenoxy) is 1. The van der Waals surface area contributed by atoms with E-state index in [0.717, 1.165) is 10.4 Å². The van der Waals surface area contributed by atoms with Gasteiger partial charge in [0.1, 0.15) is 6.10 Å². The third-order valence-electron chi connectivity index (χ3n) is 2.33. The summed E-state index contributed by atoms with van der Waals surface area (Å²) >= 11 is 1.57. The number of hydrogen-bond donors (Lipinski definition) is 1. The smallest absolute Gasteiger partial charge is 0.117 e. The molecule has 13 heavy (non-hydrogen) atoms. The molecule has 0 aliphatic heterocycles. The molecule has 1 N–H and O–H groups in total. The van der Waals surface area contributed by atoms with Gasteiger partial charge in [-0.25, -0.2) is 0 Å². The fourth-order valence-electron chi connectivity index (χ4n) is 1.09. The first-order valence-corrected chi connectivity index (χ1v) is 5.14. The molecule has 1 atom stereocenters. The van der Waals surface area contributed by atoms with Crippen molar-refractivity contribution in [1.29, 1.82) is 0 Å². The highest BCUT2D eigenvalue weighted by atomic mass is 32.1. The molecule has 1 aromatic rings. The number of thiophene rings is 1. The Morgan fingerprint density at radius 2 is 2.15 bits per heavy atom. The monoisotopic (exact) mass is 200 g/mol. The van der Waals surface area contributed by atoms with Crippen molar-refractivity contribution in [3.8, 4) is 0 Å². The van der Waals surface area contributed by atoms with Crippen LogP contribution in [-0.4, -0.2) is 17.8 Å². The van der Waals surface area contributed by atoms with E-state index >= 15 is 0 Å². The molecular formula is C10H16O2S. The highest BCUT2D eigenvalue weighted by Gasteiger charge is 2.30. The normalized spacial score (nSPS) is 14.5. The Labute approximate surface area is 83.2 Å². The van der Waals surface area contributed by atoms with Crippen LogP contribution in [0.1, 0.15) is 30.4 Å². The number of aryl methyl sites for hydroxylation is 1. The Bertz CT molecular complexity index is 278. The first-order valence-electron chi connectivity index (χ1n) is 4.26. The molecule has 1 rings (SSSR count). The average Bonchev–Trinajstić information content (AvgIpc) is 2.50. The molecule has 1 aromatic heterocycles. The van der Waals surface area contributed by atoms with Gasteiger partial charge >= 0.3 is 0 Å². The van der Waals surface area contributed by atoms with Crippen molar-refractivity contribution in [2.45, 2.75) is 32.5 Å². The van der Waals surface area contributed by atoms with Gasteiger partial charge in [0.25, 0.3) is 0 Å². The van der Waals surface area contributed by atoms with E-state index in [2.05, 4.69) is 0 Å². The minimum Gasteiger partial charge on any atom is -0.385 e. The van der Waals surface area contributed by atoms with Crippen molar-refractivity contribution < 1.29 is 9.84 Å². The Balaban J connectivity index is 2.91. The first kappa shape index (κ1) is 10.7. The minimum absolute atomic E-state index is 0.518. The second kappa shape index (κ2) is 3.78. The van der Waals surface area contributed by atoms with Crippen LogP contribution in [0.15, 0.2) is 11.4 Å². The van der Waals surface area contributed by atoms with Gasteiger partial charge in [-0.3, -0.25) is 0 Å². The zero-order valence-corrected chi connectivity index (χ0v) is 9.31. The van der Waals surface area contributed by atoms with Crippen molar-refractivity contribution in [2.75, 3.05) is 7.11 Å². The van der Waals surface area contributed by atoms with Crippen LogP contribution in [0.2, 0.25) is 0 Å². The molecule has 74 valence electrons. The molecule has 3 heteroatoms. The van der Waals surface area contributed by atoms with E-state index in [1.807, 2.05) is 32.2 Å². The van der Waals surface area contributed by atoms with Gasteiger partial charge in [0.05, 0.1) is 5.60 Å². The molecule has 0 aromatic carbocycles. The summed E-state index contributed by atoms with van der Waals surface area (Å²) in [6, 6.07) is 2.01. The molecule has 0 aliphatic carbocycles. The molecule has 0 fully saturated rings. The fraction of sp³-hybridized carbons (Fsp3) is 0.600. The summed E-state index contributed by atoms with van der Waals surface area (Å²) < 4.78 is 5.23. The third-order valence-corrected chi connectivity index (χ3v) is 3.41. The number of aliphatic hydroxyl groups is 1. The van der Waals surface area contributed by atoms with Gasteiger partial charge in [0.15, 0.2) is 0 Å². The van der Waals surface area contributed by atoms with E-state index in [-0.39, 0.29) is 0 Å². The predicted molar refractivity (Wildman–Crippen MR) is 55.1 cm³/mol. The van der Waals surface area contributed by atoms with Crippen LogP contribution in [0, 0.1) is 6.92 Å². The summed E-state index contributed by atoms with van der Waals surface area (Å²) in [7, 11) is 1.62. The van der Waals surface area contributed by atoms with Gasteiger partial charge in [-0.15, -0.1) is 11.3 Å². The quantitative estimate of drug-likeness (QED) is 0.812. The van der Waals surface area contributed by atoms with Crippen molar-refractivity contribution >= 4 is 11.3 Å². The van der Waals surface area contributed by atoms with Crippen LogP contribution in [-0.2, 0) is 4.74 Å². The lowest BCUT2D eigenvalue weighted by atomic mass is 9.98. The SMILES string of the molecule is COC(C)(C)C(O)c1sccc1C. The van der Waals surface area contributed by atoms with Crippen LogP contribution in [0.25, 0.3) is 0 Å². The van der Waals surface area contributed by atoms with Crippen molar-refractivity contribution in [3.63, 3.8) is 0 Å². The molecule has 1 heterocycles. The van der Waals surface area contributed by atoms with E-state index in [0.29, 0.717) is 0 Å². The lowest BCUT2D eigenvalue weighted by Gasteiger charge is -2.28. The topological polar surface area (TPSA) is 29.5 Å². The molecule has 0 amide bonds. The van der Waals surface area contributed by atoms with Crippen molar-refractivity contribution in [3.05, 3.63) is 21.9 Å². The van der Waals surface area contributed by atoms with Crippen LogP contribution >= 0.6 is 11.3 Å². The predicted octanol–water partition coefficient (Wildman–Crippen LogP) is 2.51. The maximum Gasteiger partial charge on any atom is 0.117 e. The van der Waals surface area contributed by atoms with E-state index in [4.69, 9.17) is 4.74 Å². The second-order valence-electron chi connectivity index (χ2n) is 3.68. The summed E-state index contributed by atoms with van der Waals surface area (Å²) in [5.41, 5.74) is 0.609. The van der Waals surface area contributed by atoms with Crippen molar-refractivity contribution in [2.24, 2.45) is 0 Å². The zero-order valence-electron chi connectivity index (χ0n) is 8.50. The molecule has 0 saturated carbocycles. The van der Waals surface area contributed by atoms with E-state index in [1.54, 1.807) is 18.4 Å². The van der Waals surface area contributed by atoms with Gasteiger partial charge in [0, 0.05) is 12.0 Å². The number of methoxy groups -OCH3 is 1. The van der Waals surface area contributed by atoms with E-state index in [1.165, 1.54) is 0 Å². The van der Waals surface area contributed by atoms with Gasteiger partial charge in [-0.1, -0.05) is 0 Å². The minimum atomic E-state index is -0.544. The van der Waals surface area contributed by atoms with Gasteiger partial charge < -0.3 is 9.84 Å². The molecule has 0 aliphatic rings. The molecule has 2 nitrogen and oxygen atoms in total. The summed E-state index contributed by atoms with van der Waals surface area (Å²) in [6.07, 6.45) is -0.544. The summed E-state index contributed by atoms with van der Waals surface area (Å²) in [5.74, 6) is 0. The Kier molecular flexibility index (Phi) is 3.11. The molecular weight excluding hydrogens is 184 g/mol. The highest BCUT2D eigenvalue weighted by Crippen LogP contribution is 2.33. The molecule has 0 radical (unpaired) electrons. The standard InChI is InChI=1S/C10H16O2S/c1-7-5-6-13-8(7)9(11)10(2,3)12-4/h5-6,9,11H,1-4H3. The Morgan fingerprint density at radius 3 is 2.54 bits per heavy atom. The summed E-state index contributed by atoms with van der Waals surface area (Å²) in [5, 5.41) is 12.0. The summed E-state index contributed by atoms with van der Waals surface area (Å²) in [6.45, 7) is 5.77. The van der Waals surface area contributed by atoms with E-state index in [9.17, 15) is 5.11 Å². The van der Waals surface area contributed by atoms with Crippen molar-refractivity contribution in [1.82, 2.24) is 0 Å². The number of aliphatic hydroxyl groups excluding tert-OH is 1. The van der Waals surface area contributed by atoms with Crippen LogP contribution < -0.4 is 0 Å². The molecule has 1 unspecified atom stereocenters. The molecule has 0 spiro atoms. The zero-order chi connectivity index (χ0) is 10.1. The highest BCUT2D eigenvalue weighted by molar-refractivity contribution is 7.10. The van der Waals surface area contributed by atoms with E-state index < -0.39 is 11.7 Å². The maximum absolute atomic E-state index is 10.0. The average molecular weight is 200 g/mol. The van der Waals surface area contributed by atoms with Crippen LogP contribution in [0.3, 0.4) is 0 Å². The Morgan fingerprint density at radius 1 is 1.54 bits per heavy atom. The first-order chi connectivity index (χ1) is 5.99. The second-order valence-corrected chi connectivity index (χ2v) is 4.63. The maximum atomic E-state index is 10.0. The third kappa shape index (κ3) is 2.10. The Hall–Kier alpha value is -0.380. The van der Waals surface area contributed by atoms with Gasteiger partial charge in [0.2, 0.25) is 0 Å². The lowest BCUT2D eigenvalue weighted by molar-refractivity contribution is -0.0780. The number of rotatable bonds is 3.